The smallest absolute Gasteiger partial charge is 0.0487 e. The fourth-order valence-corrected chi connectivity index (χ4v) is 1.78. The predicted octanol–water partition coefficient (Wildman–Crippen LogP) is 3.60. The van der Waals surface area contributed by atoms with Crippen LogP contribution < -0.4 is 5.32 Å². The van der Waals surface area contributed by atoms with E-state index in [1.165, 1.54) is 11.3 Å². The Hall–Kier alpha value is -0.540. The lowest BCUT2D eigenvalue weighted by Crippen LogP contribution is -2.03. The van der Waals surface area contributed by atoms with E-state index in [9.17, 15) is 0 Å². The molecule has 0 saturated heterocycles. The van der Waals surface area contributed by atoms with Crippen molar-refractivity contribution in [1.29, 1.82) is 0 Å². The highest BCUT2D eigenvalue weighted by atomic mass is 79.9. The molecule has 0 atom stereocenters. The van der Waals surface area contributed by atoms with Gasteiger partial charge in [-0.05, 0) is 47.3 Å². The number of hydrogen-bond acceptors (Lipinski definition) is 2. The molecule has 0 aliphatic rings. The van der Waals surface area contributed by atoms with Crippen molar-refractivity contribution in [2.75, 3.05) is 25.6 Å². The molecule has 0 amide bonds. The lowest BCUT2D eigenvalue weighted by molar-refractivity contribution is 0.194. The Kier molecular flexibility index (Phi) is 5.73. The van der Waals surface area contributed by atoms with Crippen molar-refractivity contribution in [1.82, 2.24) is 0 Å². The molecule has 84 valence electrons. The number of methoxy groups -OCH3 is 1. The largest absolute Gasteiger partial charge is 0.385 e. The van der Waals surface area contributed by atoms with Crippen molar-refractivity contribution in [2.24, 2.45) is 0 Å². The van der Waals surface area contributed by atoms with Crippen molar-refractivity contribution in [3.8, 4) is 0 Å². The van der Waals surface area contributed by atoms with E-state index in [0.29, 0.717) is 0 Å². The third kappa shape index (κ3) is 4.22. The molecule has 1 rings (SSSR count). The molecule has 0 saturated carbocycles. The van der Waals surface area contributed by atoms with Crippen LogP contribution in [-0.2, 0) is 4.74 Å². The summed E-state index contributed by atoms with van der Waals surface area (Å²) < 4.78 is 6.16. The van der Waals surface area contributed by atoms with Crippen molar-refractivity contribution in [3.63, 3.8) is 0 Å². The van der Waals surface area contributed by atoms with Gasteiger partial charge in [0.05, 0.1) is 0 Å². The molecule has 0 radical (unpaired) electrons. The molecule has 0 unspecified atom stereocenters. The number of rotatable bonds is 6. The van der Waals surface area contributed by atoms with Gasteiger partial charge in [0.2, 0.25) is 0 Å². The Labute approximate surface area is 100 Å². The van der Waals surface area contributed by atoms with Crippen LogP contribution in [0.5, 0.6) is 0 Å². The van der Waals surface area contributed by atoms with Crippen LogP contribution in [0.2, 0.25) is 0 Å². The third-order valence-corrected chi connectivity index (χ3v) is 3.34. The fraction of sp³-hybridized carbons (Fsp3) is 0.500. The van der Waals surface area contributed by atoms with E-state index >= 15 is 0 Å². The zero-order chi connectivity index (χ0) is 11.1. The van der Waals surface area contributed by atoms with E-state index in [2.05, 4.69) is 46.4 Å². The normalized spacial score (nSPS) is 10.3. The minimum atomic E-state index is 0.844. The standard InChI is InChI=1S/C12H18BrNO/c1-10-6-5-7-11(12(10)13)14-8-3-4-9-15-2/h5-7,14H,3-4,8-9H2,1-2H3. The molecule has 0 aromatic heterocycles. The molecule has 0 aliphatic heterocycles. The number of halogens is 1. The van der Waals surface area contributed by atoms with Crippen LogP contribution in [0.15, 0.2) is 22.7 Å². The van der Waals surface area contributed by atoms with Gasteiger partial charge in [-0.25, -0.2) is 0 Å². The first-order valence-corrected chi connectivity index (χ1v) is 6.03. The van der Waals surface area contributed by atoms with Crippen LogP contribution in [-0.4, -0.2) is 20.3 Å². The van der Waals surface area contributed by atoms with Gasteiger partial charge < -0.3 is 10.1 Å². The molecule has 0 heterocycles. The van der Waals surface area contributed by atoms with Gasteiger partial charge in [-0.2, -0.15) is 0 Å². The fourth-order valence-electron chi connectivity index (χ4n) is 1.38. The molecule has 3 heteroatoms. The van der Waals surface area contributed by atoms with Crippen molar-refractivity contribution in [2.45, 2.75) is 19.8 Å². The molecule has 0 aliphatic carbocycles. The Balaban J connectivity index is 2.34. The maximum absolute atomic E-state index is 5.00. The number of ether oxygens (including phenoxy) is 1. The van der Waals surface area contributed by atoms with Crippen LogP contribution >= 0.6 is 15.9 Å². The van der Waals surface area contributed by atoms with E-state index < -0.39 is 0 Å². The van der Waals surface area contributed by atoms with E-state index in [1.54, 1.807) is 7.11 Å². The monoisotopic (exact) mass is 271 g/mol. The van der Waals surface area contributed by atoms with Crippen LogP contribution in [0.1, 0.15) is 18.4 Å². The SMILES string of the molecule is COCCCCNc1cccc(C)c1Br. The third-order valence-electron chi connectivity index (χ3n) is 2.28. The Bertz CT molecular complexity index is 302. The average Bonchev–Trinajstić information content (AvgIpc) is 2.24. The van der Waals surface area contributed by atoms with Gasteiger partial charge in [-0.3, -0.25) is 0 Å². The summed E-state index contributed by atoms with van der Waals surface area (Å²) >= 11 is 3.58. The molecule has 1 aromatic rings. The second-order valence-corrected chi connectivity index (χ2v) is 4.36. The minimum absolute atomic E-state index is 0.844. The lowest BCUT2D eigenvalue weighted by Gasteiger charge is -2.09. The molecule has 1 aromatic carbocycles. The minimum Gasteiger partial charge on any atom is -0.385 e. The Morgan fingerprint density at radius 3 is 2.87 bits per heavy atom. The average molecular weight is 272 g/mol. The van der Waals surface area contributed by atoms with Gasteiger partial charge in [0, 0.05) is 30.4 Å². The first-order valence-electron chi connectivity index (χ1n) is 5.23. The number of nitrogens with one attached hydrogen (secondary N) is 1. The number of aryl methyl sites for hydroxylation is 1. The highest BCUT2D eigenvalue weighted by Crippen LogP contribution is 2.25. The highest BCUT2D eigenvalue weighted by Gasteiger charge is 2.00. The molecule has 1 N–H and O–H groups in total. The van der Waals surface area contributed by atoms with Crippen LogP contribution in [0.4, 0.5) is 5.69 Å². The zero-order valence-electron chi connectivity index (χ0n) is 9.35. The summed E-state index contributed by atoms with van der Waals surface area (Å²) in [6.07, 6.45) is 2.24. The Morgan fingerprint density at radius 2 is 2.13 bits per heavy atom. The zero-order valence-corrected chi connectivity index (χ0v) is 10.9. The van der Waals surface area contributed by atoms with Crippen molar-refractivity contribution >= 4 is 21.6 Å². The van der Waals surface area contributed by atoms with Crippen molar-refractivity contribution < 1.29 is 4.74 Å². The molecule has 15 heavy (non-hydrogen) atoms. The van der Waals surface area contributed by atoms with E-state index in [0.717, 1.165) is 30.5 Å². The molecule has 2 nitrogen and oxygen atoms in total. The summed E-state index contributed by atoms with van der Waals surface area (Å²) in [7, 11) is 1.74. The number of benzene rings is 1. The molecular weight excluding hydrogens is 254 g/mol. The van der Waals surface area contributed by atoms with E-state index in [-0.39, 0.29) is 0 Å². The van der Waals surface area contributed by atoms with E-state index in [1.807, 2.05) is 0 Å². The second-order valence-electron chi connectivity index (χ2n) is 3.56. The number of unbranched alkanes of at least 4 members (excludes halogenated alkanes) is 1. The number of hydrogen-bond donors (Lipinski definition) is 1. The van der Waals surface area contributed by atoms with E-state index in [4.69, 9.17) is 4.74 Å². The molecule has 0 fully saturated rings. The summed E-state index contributed by atoms with van der Waals surface area (Å²) in [6, 6.07) is 6.26. The van der Waals surface area contributed by atoms with Gasteiger partial charge in [-0.15, -0.1) is 0 Å². The van der Waals surface area contributed by atoms with Gasteiger partial charge in [0.15, 0.2) is 0 Å². The number of anilines is 1. The van der Waals surface area contributed by atoms with Gasteiger partial charge in [-0.1, -0.05) is 12.1 Å². The maximum Gasteiger partial charge on any atom is 0.0487 e. The predicted molar refractivity (Wildman–Crippen MR) is 68.5 cm³/mol. The molecule has 0 spiro atoms. The summed E-state index contributed by atoms with van der Waals surface area (Å²) in [6.45, 7) is 3.93. The quantitative estimate of drug-likeness (QED) is 0.799. The first-order chi connectivity index (χ1) is 7.25. The maximum atomic E-state index is 5.00. The van der Waals surface area contributed by atoms with Crippen LogP contribution in [0.3, 0.4) is 0 Å². The highest BCUT2D eigenvalue weighted by molar-refractivity contribution is 9.10. The summed E-state index contributed by atoms with van der Waals surface area (Å²) in [4.78, 5) is 0. The van der Waals surface area contributed by atoms with Crippen molar-refractivity contribution in [3.05, 3.63) is 28.2 Å². The van der Waals surface area contributed by atoms with Gasteiger partial charge >= 0.3 is 0 Å². The summed E-state index contributed by atoms with van der Waals surface area (Å²) in [5, 5.41) is 3.41. The summed E-state index contributed by atoms with van der Waals surface area (Å²) in [5.41, 5.74) is 2.43. The second kappa shape index (κ2) is 6.85. The summed E-state index contributed by atoms with van der Waals surface area (Å²) in [5.74, 6) is 0. The topological polar surface area (TPSA) is 21.3 Å². The molecule has 0 bridgehead atoms. The Morgan fingerprint density at radius 1 is 1.33 bits per heavy atom. The van der Waals surface area contributed by atoms with Crippen LogP contribution in [0.25, 0.3) is 0 Å². The van der Waals surface area contributed by atoms with Gasteiger partial charge in [0.1, 0.15) is 0 Å². The van der Waals surface area contributed by atoms with Crippen LogP contribution in [0, 0.1) is 6.92 Å². The first kappa shape index (κ1) is 12.5. The van der Waals surface area contributed by atoms with Gasteiger partial charge in [0.25, 0.3) is 0 Å². The molecular formula is C12H18BrNO. The lowest BCUT2D eigenvalue weighted by atomic mass is 10.2.